The van der Waals surface area contributed by atoms with E-state index in [4.69, 9.17) is 4.74 Å². The zero-order chi connectivity index (χ0) is 19.7. The van der Waals surface area contributed by atoms with Crippen molar-refractivity contribution in [2.45, 2.75) is 47.0 Å². The molecule has 142 valence electrons. The molecule has 0 saturated carbocycles. The zero-order valence-electron chi connectivity index (χ0n) is 16.3. The summed E-state index contributed by atoms with van der Waals surface area (Å²) in [6.45, 7) is 10.7. The molecular weight excluding hydrogens is 328 g/mol. The number of rotatable bonds is 5. The minimum Gasteiger partial charge on any atom is -0.508 e. The molecule has 0 radical (unpaired) electrons. The average molecular weight is 358 g/mol. The highest BCUT2D eigenvalue weighted by Gasteiger charge is 2.11. The first-order valence-corrected chi connectivity index (χ1v) is 8.97. The fourth-order valence-corrected chi connectivity index (χ4v) is 2.10. The van der Waals surface area contributed by atoms with Gasteiger partial charge in [0, 0.05) is 0 Å². The van der Waals surface area contributed by atoms with E-state index in [1.165, 1.54) is 11.6 Å². The van der Waals surface area contributed by atoms with Crippen molar-refractivity contribution in [3.05, 3.63) is 59.2 Å². The van der Waals surface area contributed by atoms with Crippen LogP contribution in [0.5, 0.6) is 11.5 Å². The van der Waals surface area contributed by atoms with Gasteiger partial charge in [0.2, 0.25) is 0 Å². The molecule has 2 aromatic rings. The van der Waals surface area contributed by atoms with Crippen molar-refractivity contribution < 1.29 is 19.7 Å². The molecule has 0 amide bonds. The standard InChI is InChI=1S/C12H16O3.C10H14O/c1-9(2)7-8-15-12(14)10-5-3-4-6-11(10)13;1-7(2)9-5-4-8(3)10(11)6-9/h3-6,9,13H,7-8H2,1-2H3;4-7,11H,1-3H3. The predicted molar refractivity (Wildman–Crippen MR) is 105 cm³/mol. The van der Waals surface area contributed by atoms with E-state index in [1.54, 1.807) is 18.2 Å². The van der Waals surface area contributed by atoms with Gasteiger partial charge in [0.1, 0.15) is 17.1 Å². The van der Waals surface area contributed by atoms with Crippen LogP contribution >= 0.6 is 0 Å². The summed E-state index contributed by atoms with van der Waals surface area (Å²) < 4.78 is 5.02. The second kappa shape index (κ2) is 10.5. The first kappa shape index (κ1) is 21.6. The van der Waals surface area contributed by atoms with Crippen LogP contribution in [0.1, 0.15) is 61.5 Å². The van der Waals surface area contributed by atoms with Crippen molar-refractivity contribution in [1.29, 1.82) is 0 Å². The molecule has 0 aliphatic heterocycles. The Balaban J connectivity index is 0.000000273. The Morgan fingerprint density at radius 3 is 2.19 bits per heavy atom. The summed E-state index contributed by atoms with van der Waals surface area (Å²) in [6, 6.07) is 12.2. The molecule has 0 aromatic heterocycles. The number of para-hydroxylation sites is 1. The SMILES string of the molecule is CC(C)CCOC(=O)c1ccccc1O.Cc1ccc(C(C)C)cc1O. The highest BCUT2D eigenvalue weighted by atomic mass is 16.5. The van der Waals surface area contributed by atoms with Crippen LogP contribution in [0.25, 0.3) is 0 Å². The molecule has 0 bridgehead atoms. The van der Waals surface area contributed by atoms with Crippen LogP contribution in [0.4, 0.5) is 0 Å². The van der Waals surface area contributed by atoms with E-state index in [0.29, 0.717) is 24.2 Å². The fourth-order valence-electron chi connectivity index (χ4n) is 2.10. The van der Waals surface area contributed by atoms with Crippen molar-refractivity contribution in [3.63, 3.8) is 0 Å². The summed E-state index contributed by atoms with van der Waals surface area (Å²) in [5.74, 6) is 0.890. The minimum absolute atomic E-state index is 0.0351. The molecule has 2 N–H and O–H groups in total. The van der Waals surface area contributed by atoms with Crippen LogP contribution in [-0.4, -0.2) is 22.8 Å². The molecule has 4 heteroatoms. The Labute approximate surface area is 156 Å². The Morgan fingerprint density at radius 1 is 1.00 bits per heavy atom. The number of benzene rings is 2. The molecule has 2 aromatic carbocycles. The first-order valence-electron chi connectivity index (χ1n) is 8.97. The lowest BCUT2D eigenvalue weighted by atomic mass is 10.0. The topological polar surface area (TPSA) is 66.8 Å². The monoisotopic (exact) mass is 358 g/mol. The normalized spacial score (nSPS) is 10.4. The minimum atomic E-state index is -0.464. The van der Waals surface area contributed by atoms with Gasteiger partial charge in [-0.25, -0.2) is 4.79 Å². The van der Waals surface area contributed by atoms with Crippen LogP contribution in [0.15, 0.2) is 42.5 Å². The Morgan fingerprint density at radius 2 is 1.65 bits per heavy atom. The average Bonchev–Trinajstić information content (AvgIpc) is 2.57. The molecule has 0 unspecified atom stereocenters. The van der Waals surface area contributed by atoms with Crippen molar-refractivity contribution in [1.82, 2.24) is 0 Å². The molecule has 0 fully saturated rings. The van der Waals surface area contributed by atoms with E-state index in [-0.39, 0.29) is 11.3 Å². The number of hydrogen-bond acceptors (Lipinski definition) is 4. The molecular formula is C22H30O4. The van der Waals surface area contributed by atoms with Gasteiger partial charge in [-0.1, -0.05) is 52.0 Å². The van der Waals surface area contributed by atoms with Gasteiger partial charge in [0.15, 0.2) is 0 Å². The van der Waals surface area contributed by atoms with Crippen LogP contribution in [0, 0.1) is 12.8 Å². The maximum Gasteiger partial charge on any atom is 0.341 e. The quantitative estimate of drug-likeness (QED) is 0.700. The fraction of sp³-hybridized carbons (Fsp3) is 0.409. The summed E-state index contributed by atoms with van der Waals surface area (Å²) >= 11 is 0. The second-order valence-electron chi connectivity index (χ2n) is 7.04. The molecule has 0 aliphatic carbocycles. The molecule has 2 rings (SSSR count). The molecule has 4 nitrogen and oxygen atoms in total. The number of aromatic hydroxyl groups is 2. The third-order valence-corrected chi connectivity index (χ3v) is 3.95. The summed E-state index contributed by atoms with van der Waals surface area (Å²) in [5, 5.41) is 18.7. The third kappa shape index (κ3) is 7.18. The van der Waals surface area contributed by atoms with E-state index in [9.17, 15) is 15.0 Å². The van der Waals surface area contributed by atoms with Gasteiger partial charge in [-0.05, 0) is 54.5 Å². The van der Waals surface area contributed by atoms with Crippen molar-refractivity contribution in [2.24, 2.45) is 5.92 Å². The van der Waals surface area contributed by atoms with Crippen LogP contribution in [0.3, 0.4) is 0 Å². The lowest BCUT2D eigenvalue weighted by Gasteiger charge is -2.07. The number of phenolic OH excluding ortho intramolecular Hbond substituents is 2. The molecule has 0 heterocycles. The Hall–Kier alpha value is -2.49. The molecule has 0 spiro atoms. The van der Waals surface area contributed by atoms with Crippen LogP contribution in [0.2, 0.25) is 0 Å². The van der Waals surface area contributed by atoms with Crippen molar-refractivity contribution in [2.75, 3.05) is 6.61 Å². The number of ether oxygens (including phenoxy) is 1. The van der Waals surface area contributed by atoms with Crippen LogP contribution in [-0.2, 0) is 4.74 Å². The highest BCUT2D eigenvalue weighted by Crippen LogP contribution is 2.22. The molecule has 26 heavy (non-hydrogen) atoms. The number of carbonyl (C=O) groups excluding carboxylic acids is 1. The zero-order valence-corrected chi connectivity index (χ0v) is 16.3. The lowest BCUT2D eigenvalue weighted by Crippen LogP contribution is -2.08. The molecule has 0 atom stereocenters. The van der Waals surface area contributed by atoms with E-state index < -0.39 is 5.97 Å². The smallest absolute Gasteiger partial charge is 0.341 e. The van der Waals surface area contributed by atoms with Gasteiger partial charge < -0.3 is 14.9 Å². The number of hydrogen-bond donors (Lipinski definition) is 2. The van der Waals surface area contributed by atoms with Crippen LogP contribution < -0.4 is 0 Å². The van der Waals surface area contributed by atoms with E-state index in [1.807, 2.05) is 19.1 Å². The highest BCUT2D eigenvalue weighted by molar-refractivity contribution is 5.92. The van der Waals surface area contributed by atoms with E-state index in [0.717, 1.165) is 12.0 Å². The van der Waals surface area contributed by atoms with Crippen molar-refractivity contribution in [3.8, 4) is 11.5 Å². The third-order valence-electron chi connectivity index (χ3n) is 3.95. The molecule has 0 aliphatic rings. The first-order chi connectivity index (χ1) is 12.2. The lowest BCUT2D eigenvalue weighted by molar-refractivity contribution is 0.0485. The van der Waals surface area contributed by atoms with E-state index in [2.05, 4.69) is 33.8 Å². The Kier molecular flexibility index (Phi) is 8.70. The van der Waals surface area contributed by atoms with Gasteiger partial charge >= 0.3 is 5.97 Å². The predicted octanol–water partition coefficient (Wildman–Crippen LogP) is 5.42. The maximum absolute atomic E-state index is 11.5. The summed E-state index contributed by atoms with van der Waals surface area (Å²) in [6.07, 6.45) is 0.833. The van der Waals surface area contributed by atoms with Gasteiger partial charge in [-0.15, -0.1) is 0 Å². The van der Waals surface area contributed by atoms with Gasteiger partial charge in [0.25, 0.3) is 0 Å². The summed E-state index contributed by atoms with van der Waals surface area (Å²) in [4.78, 5) is 11.5. The van der Waals surface area contributed by atoms with E-state index >= 15 is 0 Å². The van der Waals surface area contributed by atoms with Gasteiger partial charge in [-0.2, -0.15) is 0 Å². The number of phenols is 2. The Bertz CT molecular complexity index is 705. The number of carbonyl (C=O) groups is 1. The maximum atomic E-state index is 11.5. The summed E-state index contributed by atoms with van der Waals surface area (Å²) in [5.41, 5.74) is 2.35. The number of esters is 1. The number of aryl methyl sites for hydroxylation is 1. The van der Waals surface area contributed by atoms with Crippen molar-refractivity contribution >= 4 is 5.97 Å². The van der Waals surface area contributed by atoms with Gasteiger partial charge in [-0.3, -0.25) is 0 Å². The summed E-state index contributed by atoms with van der Waals surface area (Å²) in [7, 11) is 0. The second-order valence-corrected chi connectivity index (χ2v) is 7.04. The largest absolute Gasteiger partial charge is 0.508 e. The molecule has 0 saturated heterocycles. The van der Waals surface area contributed by atoms with Gasteiger partial charge in [0.05, 0.1) is 6.61 Å².